The first-order valence-corrected chi connectivity index (χ1v) is 13.6. The maximum absolute atomic E-state index is 13.3. The number of nitrogen functional groups attached to an aromatic ring is 1. The number of nitrogens with two attached hydrogens (primary N) is 1. The molecule has 37 heavy (non-hydrogen) atoms. The fraction of sp³-hybridized carbons (Fsp3) is 0.385. The van der Waals surface area contributed by atoms with E-state index in [2.05, 4.69) is 40.4 Å². The first-order chi connectivity index (χ1) is 17.4. The topological polar surface area (TPSA) is 140 Å². The van der Waals surface area contributed by atoms with Crippen LogP contribution < -0.4 is 20.1 Å². The molecule has 0 aromatic carbocycles. The summed E-state index contributed by atoms with van der Waals surface area (Å²) in [6, 6.07) is 11.1. The van der Waals surface area contributed by atoms with Crippen LogP contribution in [0.15, 0.2) is 53.7 Å². The molecule has 1 atom stereocenters. The Bertz CT molecular complexity index is 1410. The van der Waals surface area contributed by atoms with Crippen LogP contribution in [0.3, 0.4) is 0 Å². The molecule has 1 aliphatic rings. The van der Waals surface area contributed by atoms with Crippen molar-refractivity contribution in [3.63, 3.8) is 0 Å². The van der Waals surface area contributed by atoms with E-state index in [0.717, 1.165) is 12.0 Å². The molecule has 196 valence electrons. The van der Waals surface area contributed by atoms with Gasteiger partial charge < -0.3 is 15.4 Å². The molecule has 1 saturated heterocycles. The number of carbonyl (C=O) groups is 1. The number of rotatable bonds is 7. The van der Waals surface area contributed by atoms with E-state index >= 15 is 0 Å². The molecule has 0 aliphatic carbocycles. The highest BCUT2D eigenvalue weighted by molar-refractivity contribution is 7.90. The van der Waals surface area contributed by atoms with Crippen molar-refractivity contribution in [1.29, 1.82) is 0 Å². The number of hydrogen-bond acceptors (Lipinski definition) is 9. The van der Waals surface area contributed by atoms with Gasteiger partial charge in [-0.25, -0.2) is 19.7 Å². The Kier molecular flexibility index (Phi) is 7.09. The third-order valence-electron chi connectivity index (χ3n) is 6.70. The molecule has 1 fully saturated rings. The van der Waals surface area contributed by atoms with Crippen molar-refractivity contribution >= 4 is 27.6 Å². The summed E-state index contributed by atoms with van der Waals surface area (Å²) >= 11 is 0. The van der Waals surface area contributed by atoms with Crippen LogP contribution in [0, 0.1) is 5.92 Å². The third kappa shape index (κ3) is 5.51. The van der Waals surface area contributed by atoms with E-state index in [0.29, 0.717) is 29.9 Å². The zero-order valence-electron chi connectivity index (χ0n) is 21.6. The van der Waals surface area contributed by atoms with Gasteiger partial charge in [-0.15, -0.1) is 0 Å². The Hall–Kier alpha value is -3.73. The summed E-state index contributed by atoms with van der Waals surface area (Å²) in [5.74, 6) is 0.483. The molecule has 1 amide bonds. The zero-order valence-corrected chi connectivity index (χ0v) is 22.4. The molecule has 0 unspecified atom stereocenters. The SMILES string of the molecule is CC(C)Oc1ccc(-c2ccc(C(=O)NS(=O)(=O)c3cccc(N)n3)c(N3CC[C@@H](C)C3(C)C)n2)cn1. The number of pyridine rings is 3. The van der Waals surface area contributed by atoms with Gasteiger partial charge in [-0.3, -0.25) is 4.79 Å². The number of ether oxygens (including phenoxy) is 1. The number of aromatic nitrogens is 3. The first kappa shape index (κ1) is 26.3. The molecule has 3 aromatic heterocycles. The summed E-state index contributed by atoms with van der Waals surface area (Å²) in [7, 11) is -4.25. The van der Waals surface area contributed by atoms with Gasteiger partial charge in [-0.05, 0) is 70.4 Å². The molecule has 0 spiro atoms. The van der Waals surface area contributed by atoms with Crippen LogP contribution in [0.4, 0.5) is 11.6 Å². The molecular weight excluding hydrogens is 492 g/mol. The van der Waals surface area contributed by atoms with Gasteiger partial charge in [0.1, 0.15) is 11.6 Å². The highest BCUT2D eigenvalue weighted by Crippen LogP contribution is 2.39. The highest BCUT2D eigenvalue weighted by Gasteiger charge is 2.41. The molecule has 11 heteroatoms. The van der Waals surface area contributed by atoms with Crippen LogP contribution in [0.5, 0.6) is 5.88 Å². The Labute approximate surface area is 217 Å². The Balaban J connectivity index is 1.73. The van der Waals surface area contributed by atoms with E-state index in [1.54, 1.807) is 24.4 Å². The summed E-state index contributed by atoms with van der Waals surface area (Å²) in [4.78, 5) is 28.4. The summed E-state index contributed by atoms with van der Waals surface area (Å²) in [6.07, 6.45) is 2.57. The predicted molar refractivity (Wildman–Crippen MR) is 142 cm³/mol. The number of hydrogen-bond donors (Lipinski definition) is 2. The quantitative estimate of drug-likeness (QED) is 0.474. The van der Waals surface area contributed by atoms with E-state index in [1.165, 1.54) is 18.2 Å². The smallest absolute Gasteiger partial charge is 0.281 e. The van der Waals surface area contributed by atoms with Gasteiger partial charge in [-0.1, -0.05) is 13.0 Å². The number of carbonyl (C=O) groups excluding carboxylic acids is 1. The fourth-order valence-corrected chi connectivity index (χ4v) is 5.20. The monoisotopic (exact) mass is 524 g/mol. The number of nitrogens with zero attached hydrogens (tertiary/aromatic N) is 4. The van der Waals surface area contributed by atoms with Gasteiger partial charge in [-0.2, -0.15) is 8.42 Å². The molecule has 4 rings (SSSR count). The van der Waals surface area contributed by atoms with E-state index < -0.39 is 15.9 Å². The second-order valence-electron chi connectivity index (χ2n) is 9.95. The Morgan fingerprint density at radius 2 is 1.92 bits per heavy atom. The molecule has 4 heterocycles. The number of amides is 1. The standard InChI is InChI=1S/C26H32N6O4S/c1-16(2)36-22-12-9-18(15-28-22)20-11-10-19(24(29-20)32-14-13-17(3)26(32,4)5)25(33)31-37(34,35)23-8-6-7-21(27)30-23/h6-12,15-17H,13-14H2,1-5H3,(H2,27,30)(H,31,33)/t17-/m1/s1. The van der Waals surface area contributed by atoms with Crippen molar-refractivity contribution < 1.29 is 17.9 Å². The van der Waals surface area contributed by atoms with Gasteiger partial charge in [0.25, 0.3) is 15.9 Å². The summed E-state index contributed by atoms with van der Waals surface area (Å²) in [6.45, 7) is 10.9. The molecule has 10 nitrogen and oxygen atoms in total. The lowest BCUT2D eigenvalue weighted by molar-refractivity contribution is 0.0981. The lowest BCUT2D eigenvalue weighted by atomic mass is 9.90. The minimum atomic E-state index is -4.25. The van der Waals surface area contributed by atoms with Crippen LogP contribution in [-0.4, -0.2) is 47.5 Å². The van der Waals surface area contributed by atoms with E-state index in [1.807, 2.05) is 19.9 Å². The van der Waals surface area contributed by atoms with Crippen LogP contribution in [0.1, 0.15) is 51.4 Å². The zero-order chi connectivity index (χ0) is 27.0. The van der Waals surface area contributed by atoms with Crippen molar-refractivity contribution in [2.45, 2.75) is 57.7 Å². The third-order valence-corrected chi connectivity index (χ3v) is 7.93. The number of nitrogens with one attached hydrogen (secondary N) is 1. The molecule has 3 aromatic rings. The largest absolute Gasteiger partial charge is 0.475 e. The summed E-state index contributed by atoms with van der Waals surface area (Å²) in [5.41, 5.74) is 6.82. The van der Waals surface area contributed by atoms with Gasteiger partial charge in [0.15, 0.2) is 5.03 Å². The Morgan fingerprint density at radius 3 is 2.51 bits per heavy atom. The molecule has 0 bridgehead atoms. The number of anilines is 2. The van der Waals surface area contributed by atoms with Crippen molar-refractivity contribution in [1.82, 2.24) is 19.7 Å². The van der Waals surface area contributed by atoms with Crippen LogP contribution in [-0.2, 0) is 10.0 Å². The molecule has 1 aliphatic heterocycles. The van der Waals surface area contributed by atoms with Crippen LogP contribution in [0.2, 0.25) is 0 Å². The van der Waals surface area contributed by atoms with Crippen molar-refractivity contribution in [2.75, 3.05) is 17.2 Å². The van der Waals surface area contributed by atoms with Crippen molar-refractivity contribution in [2.24, 2.45) is 5.92 Å². The van der Waals surface area contributed by atoms with Crippen LogP contribution in [0.25, 0.3) is 11.3 Å². The van der Waals surface area contributed by atoms with Gasteiger partial charge in [0, 0.05) is 29.9 Å². The Morgan fingerprint density at radius 1 is 1.16 bits per heavy atom. The average Bonchev–Trinajstić information content (AvgIpc) is 3.10. The minimum absolute atomic E-state index is 0.000864. The van der Waals surface area contributed by atoms with E-state index in [9.17, 15) is 13.2 Å². The maximum atomic E-state index is 13.3. The van der Waals surface area contributed by atoms with E-state index in [-0.39, 0.29) is 28.1 Å². The average molecular weight is 525 g/mol. The minimum Gasteiger partial charge on any atom is -0.475 e. The lowest BCUT2D eigenvalue weighted by Gasteiger charge is -2.36. The lowest BCUT2D eigenvalue weighted by Crippen LogP contribution is -2.43. The summed E-state index contributed by atoms with van der Waals surface area (Å²) in [5, 5.41) is -0.336. The fourth-order valence-electron chi connectivity index (χ4n) is 4.25. The molecule has 0 saturated carbocycles. The molecule has 0 radical (unpaired) electrons. The molecular formula is C26H32N6O4S. The van der Waals surface area contributed by atoms with Crippen molar-refractivity contribution in [3.05, 3.63) is 54.2 Å². The second kappa shape index (κ2) is 9.97. The maximum Gasteiger partial charge on any atom is 0.281 e. The second-order valence-corrected chi connectivity index (χ2v) is 11.6. The van der Waals surface area contributed by atoms with Gasteiger partial charge in [0.05, 0.1) is 17.4 Å². The van der Waals surface area contributed by atoms with Gasteiger partial charge >= 0.3 is 0 Å². The summed E-state index contributed by atoms with van der Waals surface area (Å²) < 4.78 is 33.5. The predicted octanol–water partition coefficient (Wildman–Crippen LogP) is 3.65. The van der Waals surface area contributed by atoms with E-state index in [4.69, 9.17) is 15.5 Å². The number of sulfonamides is 1. The highest BCUT2D eigenvalue weighted by atomic mass is 32.2. The van der Waals surface area contributed by atoms with Crippen LogP contribution >= 0.6 is 0 Å². The first-order valence-electron chi connectivity index (χ1n) is 12.1. The van der Waals surface area contributed by atoms with Crippen molar-refractivity contribution in [3.8, 4) is 17.1 Å². The molecule has 3 N–H and O–H groups in total. The normalized spacial score (nSPS) is 17.1. The van der Waals surface area contributed by atoms with Gasteiger partial charge in [0.2, 0.25) is 5.88 Å².